The maximum absolute atomic E-state index is 11.8. The molecule has 0 aliphatic rings. The number of allylic oxidation sites excluding steroid dienone is 3. The van der Waals surface area contributed by atoms with Crippen molar-refractivity contribution in [3.05, 3.63) is 24.3 Å². The third kappa shape index (κ3) is 13.4. The summed E-state index contributed by atoms with van der Waals surface area (Å²) in [6.45, 7) is -0.325. The third-order valence-electron chi connectivity index (χ3n) is 2.80. The molecule has 0 aliphatic heterocycles. The Hall–Kier alpha value is -1.62. The Bertz CT molecular complexity index is 485. The number of aliphatic carboxylic acids is 1. The second-order valence-electron chi connectivity index (χ2n) is 5.81. The summed E-state index contributed by atoms with van der Waals surface area (Å²) in [6.07, 6.45) is 9.30. The van der Waals surface area contributed by atoms with Gasteiger partial charge in [0, 0.05) is 6.08 Å². The zero-order valence-corrected chi connectivity index (χ0v) is 13.7. The number of quaternary nitrogens is 1. The number of carboxylic acid groups (broad SMARTS) is 1. The molecule has 0 spiro atoms. The molecular weight excluding hydrogens is 282 g/mol. The maximum atomic E-state index is 11.8. The van der Waals surface area contributed by atoms with Crippen molar-refractivity contribution >= 4 is 11.9 Å². The molecule has 0 rings (SSSR count). The van der Waals surface area contributed by atoms with Crippen LogP contribution in [0.15, 0.2) is 24.3 Å². The molecule has 0 bridgehead atoms. The maximum Gasteiger partial charge on any atom is 0.331 e. The molecule has 0 aromatic carbocycles. The van der Waals surface area contributed by atoms with E-state index in [0.717, 1.165) is 25.7 Å². The molecule has 0 aromatic heterocycles. The van der Waals surface area contributed by atoms with Crippen molar-refractivity contribution in [1.29, 1.82) is 0 Å². The number of rotatable bonds is 11. The fourth-order valence-electron chi connectivity index (χ4n) is 1.87. The number of likely N-dealkylation sites (N-methyl/N-ethyl adjacent to an activating group) is 1. The number of ether oxygens (including phenoxy) is 1. The number of esters is 1. The van der Waals surface area contributed by atoms with E-state index < -0.39 is 35.9 Å². The molecule has 0 saturated heterocycles. The molecule has 5 nitrogen and oxygen atoms in total. The first-order valence-corrected chi connectivity index (χ1v) is 7.58. The van der Waals surface area contributed by atoms with E-state index in [0.29, 0.717) is 0 Å². The van der Waals surface area contributed by atoms with Gasteiger partial charge in [0.2, 0.25) is 0 Å². The van der Waals surface area contributed by atoms with Gasteiger partial charge in [-0.05, 0) is 12.8 Å². The quantitative estimate of drug-likeness (QED) is 0.209. The number of carboxylic acids is 1. The number of carbonyl (C=O) groups is 2. The first kappa shape index (κ1) is 15.3. The Morgan fingerprint density at radius 1 is 1.32 bits per heavy atom. The minimum atomic E-state index is -2.33. The zero-order valence-electron chi connectivity index (χ0n) is 16.7. The summed E-state index contributed by atoms with van der Waals surface area (Å²) < 4.78 is 27.2. The van der Waals surface area contributed by atoms with Crippen molar-refractivity contribution in [2.75, 3.05) is 27.6 Å². The lowest BCUT2D eigenvalue weighted by Crippen LogP contribution is -2.43. The Labute approximate surface area is 138 Å². The van der Waals surface area contributed by atoms with Crippen LogP contribution in [-0.4, -0.2) is 55.2 Å². The molecule has 1 N–H and O–H groups in total. The van der Waals surface area contributed by atoms with Gasteiger partial charge in [-0.1, -0.05) is 38.0 Å². The van der Waals surface area contributed by atoms with Crippen molar-refractivity contribution in [3.8, 4) is 0 Å². The average molecular weight is 315 g/mol. The number of hydrogen-bond acceptors (Lipinski definition) is 3. The van der Waals surface area contributed by atoms with Gasteiger partial charge in [-0.25, -0.2) is 4.79 Å². The van der Waals surface area contributed by atoms with Gasteiger partial charge in [0.1, 0.15) is 6.54 Å². The van der Waals surface area contributed by atoms with Gasteiger partial charge < -0.3 is 14.3 Å². The third-order valence-corrected chi connectivity index (χ3v) is 2.80. The fourth-order valence-corrected chi connectivity index (χ4v) is 1.87. The van der Waals surface area contributed by atoms with E-state index in [-0.39, 0.29) is 6.54 Å². The number of carbonyl (C=O) groups excluding carboxylic acids is 1. The monoisotopic (exact) mass is 315 g/mol. The number of unbranched alkanes of at least 4 members (excludes halogenated alkanes) is 3. The van der Waals surface area contributed by atoms with Gasteiger partial charge >= 0.3 is 11.9 Å². The van der Waals surface area contributed by atoms with Gasteiger partial charge in [-0.15, -0.1) is 0 Å². The first-order chi connectivity index (χ1) is 11.5. The highest BCUT2D eigenvalue weighted by atomic mass is 16.5. The molecule has 1 atom stereocenters. The van der Waals surface area contributed by atoms with Crippen molar-refractivity contribution in [1.82, 2.24) is 0 Å². The lowest BCUT2D eigenvalue weighted by Gasteiger charge is -2.28. The van der Waals surface area contributed by atoms with Crippen LogP contribution >= 0.6 is 0 Å². The summed E-state index contributed by atoms with van der Waals surface area (Å²) in [5.41, 5.74) is 0. The van der Waals surface area contributed by atoms with Crippen LogP contribution in [0.3, 0.4) is 0 Å². The predicted molar refractivity (Wildman–Crippen MR) is 87.5 cm³/mol. The molecular formula is C17H30NO4+. The summed E-state index contributed by atoms with van der Waals surface area (Å²) in [5.74, 6) is -1.84. The van der Waals surface area contributed by atoms with E-state index in [4.69, 9.17) is 14.0 Å². The van der Waals surface area contributed by atoms with Crippen LogP contribution < -0.4 is 0 Å². The number of nitrogens with zero attached hydrogens (tertiary/aromatic N) is 1. The molecule has 0 amide bonds. The SMILES string of the molecule is [2H]C([2H])([2H])[N+](C)(C)C[C@@H](CC(=O)O)OC(=O)/C=C/C=C\CCCCC. The topological polar surface area (TPSA) is 63.6 Å². The minimum absolute atomic E-state index is 0.116. The lowest BCUT2D eigenvalue weighted by molar-refractivity contribution is -0.873. The van der Waals surface area contributed by atoms with Crippen molar-refractivity contribution < 1.29 is 28.0 Å². The van der Waals surface area contributed by atoms with Crippen LogP contribution in [0.4, 0.5) is 0 Å². The highest BCUT2D eigenvalue weighted by Crippen LogP contribution is 2.06. The van der Waals surface area contributed by atoms with Crippen LogP contribution in [0.25, 0.3) is 0 Å². The average Bonchev–Trinajstić information content (AvgIpc) is 2.43. The van der Waals surface area contributed by atoms with Crippen LogP contribution in [-0.2, 0) is 14.3 Å². The van der Waals surface area contributed by atoms with E-state index in [2.05, 4.69) is 6.92 Å². The summed E-state index contributed by atoms with van der Waals surface area (Å²) in [5, 5.41) is 8.95. The fraction of sp³-hybridized carbons (Fsp3) is 0.647. The van der Waals surface area contributed by atoms with Gasteiger partial charge in [0.15, 0.2) is 6.10 Å². The van der Waals surface area contributed by atoms with E-state index in [1.807, 2.05) is 6.08 Å². The molecule has 0 heterocycles. The second kappa shape index (κ2) is 11.0. The molecule has 0 fully saturated rings. The van der Waals surface area contributed by atoms with Crippen molar-refractivity contribution in [3.63, 3.8) is 0 Å². The van der Waals surface area contributed by atoms with Crippen LogP contribution in [0, 0.1) is 0 Å². The van der Waals surface area contributed by atoms with E-state index >= 15 is 0 Å². The van der Waals surface area contributed by atoms with E-state index in [9.17, 15) is 9.59 Å². The molecule has 126 valence electrons. The van der Waals surface area contributed by atoms with Gasteiger partial charge in [-0.3, -0.25) is 4.79 Å². The highest BCUT2D eigenvalue weighted by molar-refractivity contribution is 5.82. The van der Waals surface area contributed by atoms with Crippen LogP contribution in [0.1, 0.15) is 43.1 Å². The summed E-state index contributed by atoms with van der Waals surface area (Å²) in [7, 11) is 2.90. The Morgan fingerprint density at radius 3 is 2.64 bits per heavy atom. The predicted octanol–water partition coefficient (Wildman–Crippen LogP) is 2.77. The van der Waals surface area contributed by atoms with Gasteiger partial charge in [0.05, 0.1) is 31.6 Å². The van der Waals surface area contributed by atoms with Gasteiger partial charge in [0.25, 0.3) is 0 Å². The lowest BCUT2D eigenvalue weighted by atomic mass is 10.2. The second-order valence-corrected chi connectivity index (χ2v) is 5.81. The van der Waals surface area contributed by atoms with Gasteiger partial charge in [-0.2, -0.15) is 0 Å². The Morgan fingerprint density at radius 2 is 2.05 bits per heavy atom. The molecule has 0 aromatic rings. The first-order valence-electron chi connectivity index (χ1n) is 9.08. The molecule has 0 saturated carbocycles. The Kier molecular flexibility index (Phi) is 7.65. The van der Waals surface area contributed by atoms with Crippen molar-refractivity contribution in [2.45, 2.75) is 45.1 Å². The molecule has 0 unspecified atom stereocenters. The normalized spacial score (nSPS) is 16.2. The van der Waals surface area contributed by atoms with E-state index in [1.165, 1.54) is 26.2 Å². The summed E-state index contributed by atoms with van der Waals surface area (Å²) >= 11 is 0. The highest BCUT2D eigenvalue weighted by Gasteiger charge is 2.23. The summed E-state index contributed by atoms with van der Waals surface area (Å²) in [6, 6.07) is 0. The standard InChI is InChI=1S/C17H29NO4/c1-5-6-7-8-9-10-11-12-17(21)22-15(13-16(19)20)14-18(2,3)4/h9-12,15H,5-8,13-14H2,1-4H3/p+1/b10-9-,12-11+/t15-/m1/s1/i2D3. The molecule has 0 radical (unpaired) electrons. The molecule has 5 heteroatoms. The van der Waals surface area contributed by atoms with Crippen molar-refractivity contribution in [2.24, 2.45) is 0 Å². The van der Waals surface area contributed by atoms with Crippen LogP contribution in [0.2, 0.25) is 0 Å². The largest absolute Gasteiger partial charge is 0.481 e. The molecule has 0 aliphatic carbocycles. The molecule has 22 heavy (non-hydrogen) atoms. The zero-order chi connectivity index (χ0) is 19.5. The van der Waals surface area contributed by atoms with E-state index in [1.54, 1.807) is 6.08 Å². The smallest absolute Gasteiger partial charge is 0.331 e. The Balaban J connectivity index is 4.66. The minimum Gasteiger partial charge on any atom is -0.481 e. The number of hydrogen-bond donors (Lipinski definition) is 1. The summed E-state index contributed by atoms with van der Waals surface area (Å²) in [4.78, 5) is 22.8. The van der Waals surface area contributed by atoms with Crippen LogP contribution in [0.5, 0.6) is 0 Å².